The van der Waals surface area contributed by atoms with Gasteiger partial charge in [-0.25, -0.2) is 9.37 Å². The Morgan fingerprint density at radius 2 is 2.13 bits per heavy atom. The Hall–Kier alpha value is -3.93. The van der Waals surface area contributed by atoms with E-state index >= 15 is 0 Å². The van der Waals surface area contributed by atoms with Gasteiger partial charge >= 0.3 is 0 Å². The molecule has 0 aliphatic carbocycles. The van der Waals surface area contributed by atoms with Gasteiger partial charge in [0.25, 0.3) is 5.91 Å². The third-order valence-corrected chi connectivity index (χ3v) is 4.80. The van der Waals surface area contributed by atoms with E-state index in [1.165, 1.54) is 36.3 Å². The maximum Gasteiger partial charge on any atom is 0.254 e. The van der Waals surface area contributed by atoms with Crippen LogP contribution >= 0.6 is 0 Å². The van der Waals surface area contributed by atoms with E-state index in [0.717, 1.165) is 0 Å². The van der Waals surface area contributed by atoms with Crippen molar-refractivity contribution in [2.45, 2.75) is 13.0 Å². The monoisotopic (exact) mass is 408 g/mol. The molecule has 1 aliphatic heterocycles. The maximum atomic E-state index is 13.9. The minimum Gasteiger partial charge on any atom is -0.482 e. The van der Waals surface area contributed by atoms with E-state index in [0.29, 0.717) is 16.7 Å². The van der Waals surface area contributed by atoms with E-state index in [4.69, 9.17) is 16.2 Å². The fraction of sp³-hybridized carbons (Fsp3) is 0.238. The normalized spacial score (nSPS) is 17.4. The molecule has 2 aromatic rings. The number of aromatic nitrogens is 1. The average molecular weight is 408 g/mol. The fourth-order valence-corrected chi connectivity index (χ4v) is 3.31. The van der Waals surface area contributed by atoms with Crippen LogP contribution in [-0.4, -0.2) is 42.1 Å². The lowest BCUT2D eigenvalue weighted by Crippen LogP contribution is -2.33. The molecule has 8 nitrogen and oxygen atoms in total. The summed E-state index contributed by atoms with van der Waals surface area (Å²) in [6, 6.07) is 7.49. The van der Waals surface area contributed by atoms with E-state index in [2.05, 4.69) is 9.98 Å². The Morgan fingerprint density at radius 3 is 2.80 bits per heavy atom. The topological polar surface area (TPSA) is 131 Å². The second kappa shape index (κ2) is 8.21. The maximum absolute atomic E-state index is 13.9. The molecule has 0 saturated heterocycles. The van der Waals surface area contributed by atoms with Crippen LogP contribution in [0.3, 0.4) is 0 Å². The lowest BCUT2D eigenvalue weighted by molar-refractivity contribution is 0.0801. The number of benzene rings is 1. The molecule has 1 atom stereocenters. The molecule has 2 bridgehead atoms. The van der Waals surface area contributed by atoms with Crippen molar-refractivity contribution in [1.29, 1.82) is 5.26 Å². The van der Waals surface area contributed by atoms with Crippen molar-refractivity contribution >= 4 is 23.0 Å². The molecule has 1 aromatic carbocycles. The van der Waals surface area contributed by atoms with Gasteiger partial charge in [0.2, 0.25) is 0 Å². The SMILES string of the molecule is CN=C(C#N)C1=C(N)CN(C)C(=O)c2ccc(F)cc2C(C)Oc2cc1cnc2N. The molecule has 4 N–H and O–H groups in total. The number of carbonyl (C=O) groups excluding carboxylic acids is 1. The van der Waals surface area contributed by atoms with Crippen molar-refractivity contribution in [3.63, 3.8) is 0 Å². The van der Waals surface area contributed by atoms with Crippen molar-refractivity contribution in [3.05, 3.63) is 58.7 Å². The summed E-state index contributed by atoms with van der Waals surface area (Å²) in [6.45, 7) is 1.70. The molecule has 0 spiro atoms. The summed E-state index contributed by atoms with van der Waals surface area (Å²) in [5.74, 6) is -0.541. The van der Waals surface area contributed by atoms with Crippen LogP contribution in [-0.2, 0) is 0 Å². The average Bonchev–Trinajstić information content (AvgIpc) is 2.72. The lowest BCUT2D eigenvalue weighted by atomic mass is 9.98. The second-order valence-corrected chi connectivity index (χ2v) is 6.84. The summed E-state index contributed by atoms with van der Waals surface area (Å²) in [4.78, 5) is 22.6. The minimum atomic E-state index is -0.702. The summed E-state index contributed by atoms with van der Waals surface area (Å²) in [5, 5.41) is 9.52. The van der Waals surface area contributed by atoms with Crippen molar-refractivity contribution in [2.75, 3.05) is 26.4 Å². The van der Waals surface area contributed by atoms with Gasteiger partial charge in [-0.1, -0.05) is 0 Å². The molecule has 2 heterocycles. The minimum absolute atomic E-state index is 0.0145. The van der Waals surface area contributed by atoms with Gasteiger partial charge in [0.15, 0.2) is 11.6 Å². The Bertz CT molecular complexity index is 1120. The summed E-state index contributed by atoms with van der Waals surface area (Å²) in [5.41, 5.74) is 14.0. The largest absolute Gasteiger partial charge is 0.482 e. The van der Waals surface area contributed by atoms with Gasteiger partial charge in [-0.15, -0.1) is 0 Å². The van der Waals surface area contributed by atoms with E-state index in [9.17, 15) is 14.4 Å². The predicted octanol–water partition coefficient (Wildman–Crippen LogP) is 2.29. The highest BCUT2D eigenvalue weighted by Crippen LogP contribution is 2.32. The van der Waals surface area contributed by atoms with E-state index in [1.807, 2.05) is 6.07 Å². The van der Waals surface area contributed by atoms with Gasteiger partial charge in [0.05, 0.1) is 6.54 Å². The Kier molecular flexibility index (Phi) is 5.69. The standard InChI is InChI=1S/C21H21FN6O2/c1-11-15-7-13(22)4-5-14(15)21(29)28(3)10-16(24)19(17(8-23)26-2)12-6-18(30-11)20(25)27-9-12/h4-7,9,11H,10,24H2,1-3H3,(H2,25,27). The molecule has 30 heavy (non-hydrogen) atoms. The highest BCUT2D eigenvalue weighted by atomic mass is 19.1. The number of carbonyl (C=O) groups is 1. The molecule has 1 aliphatic rings. The van der Waals surface area contributed by atoms with Crippen molar-refractivity contribution in [1.82, 2.24) is 9.88 Å². The number of fused-ring (bicyclic) bond motifs is 3. The number of amides is 1. The van der Waals surface area contributed by atoms with Crippen LogP contribution in [0.4, 0.5) is 10.2 Å². The molecule has 1 aromatic heterocycles. The number of hydrogen-bond donors (Lipinski definition) is 2. The van der Waals surface area contributed by atoms with Gasteiger partial charge < -0.3 is 21.1 Å². The molecule has 0 fully saturated rings. The van der Waals surface area contributed by atoms with Crippen molar-refractivity contribution < 1.29 is 13.9 Å². The Labute approximate surface area is 173 Å². The van der Waals surface area contributed by atoms with Crippen LogP contribution in [0.5, 0.6) is 5.75 Å². The molecular formula is C21H21FN6O2. The zero-order chi connectivity index (χ0) is 22.0. The first-order valence-corrected chi connectivity index (χ1v) is 9.10. The molecule has 1 amide bonds. The molecule has 1 unspecified atom stereocenters. The first-order valence-electron chi connectivity index (χ1n) is 9.10. The number of allylic oxidation sites excluding steroid dienone is 1. The Balaban J connectivity index is 2.29. The van der Waals surface area contributed by atoms with E-state index < -0.39 is 11.9 Å². The zero-order valence-corrected chi connectivity index (χ0v) is 16.8. The van der Waals surface area contributed by atoms with Gasteiger partial charge in [-0.05, 0) is 31.2 Å². The van der Waals surface area contributed by atoms with Crippen LogP contribution in [0.1, 0.15) is 34.5 Å². The van der Waals surface area contributed by atoms with Crippen molar-refractivity contribution in [2.24, 2.45) is 10.7 Å². The summed E-state index contributed by atoms with van der Waals surface area (Å²) < 4.78 is 19.9. The number of likely N-dealkylation sites (N-methyl/N-ethyl adjacent to an activating group) is 1. The van der Waals surface area contributed by atoms with Crippen LogP contribution in [0, 0.1) is 17.1 Å². The third-order valence-electron chi connectivity index (χ3n) is 4.80. The quantitative estimate of drug-likeness (QED) is 0.696. The number of hydrogen-bond acceptors (Lipinski definition) is 7. The summed E-state index contributed by atoms with van der Waals surface area (Å²) in [7, 11) is 3.04. The Morgan fingerprint density at radius 1 is 1.40 bits per heavy atom. The zero-order valence-electron chi connectivity index (χ0n) is 16.8. The lowest BCUT2D eigenvalue weighted by Gasteiger charge is -2.25. The fourth-order valence-electron chi connectivity index (χ4n) is 3.31. The number of nitrogen functional groups attached to an aromatic ring is 1. The molecule has 0 radical (unpaired) electrons. The third kappa shape index (κ3) is 3.80. The van der Waals surface area contributed by atoms with Gasteiger partial charge in [0, 0.05) is 48.3 Å². The van der Waals surface area contributed by atoms with E-state index in [1.54, 1.807) is 20.0 Å². The first kappa shape index (κ1) is 20.8. The predicted molar refractivity (Wildman–Crippen MR) is 111 cm³/mol. The smallest absolute Gasteiger partial charge is 0.254 e. The highest BCUT2D eigenvalue weighted by Gasteiger charge is 2.25. The van der Waals surface area contributed by atoms with Gasteiger partial charge in [0.1, 0.15) is 23.7 Å². The molecule has 154 valence electrons. The number of halogens is 1. The van der Waals surface area contributed by atoms with Gasteiger partial charge in [-0.2, -0.15) is 5.26 Å². The highest BCUT2D eigenvalue weighted by molar-refractivity contribution is 6.32. The number of rotatable bonds is 1. The second-order valence-electron chi connectivity index (χ2n) is 6.84. The van der Waals surface area contributed by atoms with Crippen molar-refractivity contribution in [3.8, 4) is 11.8 Å². The number of nitriles is 1. The number of aliphatic imine (C=N–C) groups is 1. The summed E-state index contributed by atoms with van der Waals surface area (Å²) >= 11 is 0. The van der Waals surface area contributed by atoms with Gasteiger partial charge in [-0.3, -0.25) is 9.79 Å². The molecule has 0 saturated carbocycles. The number of anilines is 1. The van der Waals surface area contributed by atoms with Crippen LogP contribution in [0.2, 0.25) is 0 Å². The molecule has 9 heteroatoms. The van der Waals surface area contributed by atoms with Crippen LogP contribution in [0.25, 0.3) is 5.57 Å². The number of nitrogens with two attached hydrogens (primary N) is 2. The summed E-state index contributed by atoms with van der Waals surface area (Å²) in [6.07, 6.45) is 0.755. The van der Waals surface area contributed by atoms with Crippen LogP contribution < -0.4 is 16.2 Å². The molecule has 3 rings (SSSR count). The number of pyridine rings is 1. The number of nitrogens with zero attached hydrogens (tertiary/aromatic N) is 4. The first-order chi connectivity index (χ1) is 14.3. The van der Waals surface area contributed by atoms with Crippen LogP contribution in [0.15, 0.2) is 41.2 Å². The van der Waals surface area contributed by atoms with E-state index in [-0.39, 0.29) is 41.0 Å². The number of ether oxygens (including phenoxy) is 1. The molecular weight excluding hydrogens is 387 g/mol.